The summed E-state index contributed by atoms with van der Waals surface area (Å²) >= 11 is 0. The molecule has 0 radical (unpaired) electrons. The lowest BCUT2D eigenvalue weighted by Crippen LogP contribution is -2.39. The molecular formula is C17H25NO. The summed E-state index contributed by atoms with van der Waals surface area (Å²) in [5, 5.41) is 3.73. The molecule has 104 valence electrons. The van der Waals surface area contributed by atoms with Gasteiger partial charge in [0.05, 0.1) is 12.7 Å². The Bertz CT molecular complexity index is 413. The summed E-state index contributed by atoms with van der Waals surface area (Å²) in [6.45, 7) is 4.20. The number of nitrogens with one attached hydrogen (secondary N) is 1. The molecule has 1 fully saturated rings. The second-order valence-electron chi connectivity index (χ2n) is 5.98. The second-order valence-corrected chi connectivity index (χ2v) is 5.98. The van der Waals surface area contributed by atoms with Crippen LogP contribution in [0.1, 0.15) is 49.8 Å². The fourth-order valence-corrected chi connectivity index (χ4v) is 3.11. The van der Waals surface area contributed by atoms with Crippen molar-refractivity contribution in [2.45, 2.75) is 51.2 Å². The first-order chi connectivity index (χ1) is 9.38. The molecule has 2 unspecified atom stereocenters. The van der Waals surface area contributed by atoms with Crippen molar-refractivity contribution >= 4 is 0 Å². The van der Waals surface area contributed by atoms with E-state index in [2.05, 4.69) is 36.5 Å². The zero-order valence-corrected chi connectivity index (χ0v) is 11.9. The van der Waals surface area contributed by atoms with Crippen molar-refractivity contribution in [3.8, 4) is 0 Å². The van der Waals surface area contributed by atoms with Gasteiger partial charge in [-0.25, -0.2) is 0 Å². The molecule has 1 saturated carbocycles. The molecule has 0 bridgehead atoms. The molecule has 2 nitrogen and oxygen atoms in total. The van der Waals surface area contributed by atoms with Crippen molar-refractivity contribution in [2.75, 3.05) is 13.2 Å². The Labute approximate surface area is 116 Å². The Morgan fingerprint density at radius 3 is 2.95 bits per heavy atom. The van der Waals surface area contributed by atoms with E-state index in [0.717, 1.165) is 25.5 Å². The number of hydrogen-bond acceptors (Lipinski definition) is 2. The van der Waals surface area contributed by atoms with Crippen molar-refractivity contribution < 1.29 is 4.74 Å². The Hall–Kier alpha value is -0.860. The maximum atomic E-state index is 6.13. The number of hydrogen-bond donors (Lipinski definition) is 1. The quantitative estimate of drug-likeness (QED) is 0.844. The van der Waals surface area contributed by atoms with Gasteiger partial charge in [-0.1, -0.05) is 44.0 Å². The van der Waals surface area contributed by atoms with Crippen molar-refractivity contribution in [1.82, 2.24) is 5.32 Å². The van der Waals surface area contributed by atoms with Gasteiger partial charge in [0.15, 0.2) is 0 Å². The van der Waals surface area contributed by atoms with Crippen molar-refractivity contribution in [3.05, 3.63) is 35.4 Å². The van der Waals surface area contributed by atoms with Crippen LogP contribution in [0.4, 0.5) is 0 Å². The zero-order chi connectivity index (χ0) is 13.1. The SMILES string of the molecule is CCCNC(CC1CC1)C1OCCc2ccccc21. The molecule has 0 amide bonds. The topological polar surface area (TPSA) is 21.3 Å². The van der Waals surface area contributed by atoms with Crippen LogP contribution in [0.3, 0.4) is 0 Å². The smallest absolute Gasteiger partial charge is 0.0980 e. The number of benzene rings is 1. The molecule has 1 aliphatic carbocycles. The molecule has 1 N–H and O–H groups in total. The summed E-state index contributed by atoms with van der Waals surface area (Å²) in [6, 6.07) is 9.31. The number of fused-ring (bicyclic) bond motifs is 1. The van der Waals surface area contributed by atoms with Crippen LogP contribution in [0.25, 0.3) is 0 Å². The highest BCUT2D eigenvalue weighted by Gasteiger charge is 2.33. The molecule has 0 aromatic heterocycles. The molecular weight excluding hydrogens is 234 g/mol. The second kappa shape index (κ2) is 6.06. The zero-order valence-electron chi connectivity index (χ0n) is 11.9. The largest absolute Gasteiger partial charge is 0.372 e. The monoisotopic (exact) mass is 259 g/mol. The standard InChI is InChI=1S/C17H25NO/c1-2-10-18-16(12-13-7-8-13)17-15-6-4-3-5-14(15)9-11-19-17/h3-6,13,16-18H,2,7-12H2,1H3. The van der Waals surface area contributed by atoms with Gasteiger partial charge in [-0.3, -0.25) is 0 Å². The molecule has 3 rings (SSSR count). The maximum absolute atomic E-state index is 6.13. The van der Waals surface area contributed by atoms with E-state index in [9.17, 15) is 0 Å². The fraction of sp³-hybridized carbons (Fsp3) is 0.647. The lowest BCUT2D eigenvalue weighted by atomic mass is 9.91. The van der Waals surface area contributed by atoms with E-state index in [-0.39, 0.29) is 6.10 Å². The van der Waals surface area contributed by atoms with Gasteiger partial charge in [-0.05, 0) is 42.9 Å². The summed E-state index contributed by atoms with van der Waals surface area (Å²) in [4.78, 5) is 0. The van der Waals surface area contributed by atoms with Gasteiger partial charge >= 0.3 is 0 Å². The Balaban J connectivity index is 1.77. The van der Waals surface area contributed by atoms with Crippen LogP contribution in [-0.2, 0) is 11.2 Å². The van der Waals surface area contributed by atoms with Crippen LogP contribution in [-0.4, -0.2) is 19.2 Å². The third-order valence-electron chi connectivity index (χ3n) is 4.34. The average Bonchev–Trinajstić information content (AvgIpc) is 3.27. The first kappa shape index (κ1) is 13.1. The molecule has 1 heterocycles. The van der Waals surface area contributed by atoms with E-state index in [0.29, 0.717) is 6.04 Å². The fourth-order valence-electron chi connectivity index (χ4n) is 3.11. The van der Waals surface area contributed by atoms with Gasteiger partial charge in [0.25, 0.3) is 0 Å². The lowest BCUT2D eigenvalue weighted by Gasteiger charge is -2.33. The van der Waals surface area contributed by atoms with Crippen LogP contribution in [0.15, 0.2) is 24.3 Å². The van der Waals surface area contributed by atoms with E-state index < -0.39 is 0 Å². The minimum absolute atomic E-state index is 0.261. The molecule has 1 aromatic carbocycles. The molecule has 1 aliphatic heterocycles. The van der Waals surface area contributed by atoms with Gasteiger partial charge in [-0.2, -0.15) is 0 Å². The first-order valence-corrected chi connectivity index (χ1v) is 7.81. The molecule has 0 spiro atoms. The third-order valence-corrected chi connectivity index (χ3v) is 4.34. The normalized spacial score (nSPS) is 23.9. The van der Waals surface area contributed by atoms with Crippen LogP contribution < -0.4 is 5.32 Å². The van der Waals surface area contributed by atoms with Crippen LogP contribution >= 0.6 is 0 Å². The highest BCUT2D eigenvalue weighted by Crippen LogP contribution is 2.38. The van der Waals surface area contributed by atoms with Crippen LogP contribution in [0.5, 0.6) is 0 Å². The van der Waals surface area contributed by atoms with Crippen molar-refractivity contribution in [2.24, 2.45) is 5.92 Å². The van der Waals surface area contributed by atoms with Crippen molar-refractivity contribution in [1.29, 1.82) is 0 Å². The van der Waals surface area contributed by atoms with E-state index in [1.807, 2.05) is 0 Å². The van der Waals surface area contributed by atoms with Gasteiger partial charge in [0.1, 0.15) is 0 Å². The van der Waals surface area contributed by atoms with Crippen LogP contribution in [0.2, 0.25) is 0 Å². The Kier molecular flexibility index (Phi) is 4.19. The highest BCUT2D eigenvalue weighted by molar-refractivity contribution is 5.32. The molecule has 1 aromatic rings. The maximum Gasteiger partial charge on any atom is 0.0980 e. The summed E-state index contributed by atoms with van der Waals surface area (Å²) in [7, 11) is 0. The highest BCUT2D eigenvalue weighted by atomic mass is 16.5. The number of ether oxygens (including phenoxy) is 1. The summed E-state index contributed by atoms with van der Waals surface area (Å²) in [5.74, 6) is 0.937. The third kappa shape index (κ3) is 3.18. The van der Waals surface area contributed by atoms with E-state index in [1.165, 1.54) is 36.8 Å². The molecule has 0 saturated heterocycles. The number of rotatable bonds is 6. The summed E-state index contributed by atoms with van der Waals surface area (Å²) in [5.41, 5.74) is 2.90. The van der Waals surface area contributed by atoms with E-state index >= 15 is 0 Å². The van der Waals surface area contributed by atoms with Gasteiger partial charge in [0.2, 0.25) is 0 Å². The minimum Gasteiger partial charge on any atom is -0.372 e. The predicted molar refractivity (Wildman–Crippen MR) is 78.3 cm³/mol. The van der Waals surface area contributed by atoms with E-state index in [1.54, 1.807) is 0 Å². The first-order valence-electron chi connectivity index (χ1n) is 7.81. The van der Waals surface area contributed by atoms with Crippen LogP contribution in [0, 0.1) is 5.92 Å². The van der Waals surface area contributed by atoms with Gasteiger partial charge in [-0.15, -0.1) is 0 Å². The Morgan fingerprint density at radius 2 is 2.16 bits per heavy atom. The molecule has 2 atom stereocenters. The van der Waals surface area contributed by atoms with E-state index in [4.69, 9.17) is 4.74 Å². The van der Waals surface area contributed by atoms with Gasteiger partial charge in [0, 0.05) is 6.04 Å². The minimum atomic E-state index is 0.261. The van der Waals surface area contributed by atoms with Crippen molar-refractivity contribution in [3.63, 3.8) is 0 Å². The molecule has 2 heteroatoms. The molecule has 19 heavy (non-hydrogen) atoms. The summed E-state index contributed by atoms with van der Waals surface area (Å²) < 4.78 is 6.13. The predicted octanol–water partition coefficient (Wildman–Crippen LogP) is 3.47. The summed E-state index contributed by atoms with van der Waals surface area (Å²) in [6.07, 6.45) is 6.62. The lowest BCUT2D eigenvalue weighted by molar-refractivity contribution is 0.0119. The average molecular weight is 259 g/mol. The Morgan fingerprint density at radius 1 is 1.32 bits per heavy atom. The molecule has 2 aliphatic rings. The van der Waals surface area contributed by atoms with Gasteiger partial charge < -0.3 is 10.1 Å².